The monoisotopic (exact) mass is 322 g/mol. The van der Waals surface area contributed by atoms with Gasteiger partial charge in [0.2, 0.25) is 0 Å². The van der Waals surface area contributed by atoms with Crippen molar-refractivity contribution in [2.45, 2.75) is 45.1 Å². The minimum atomic E-state index is -0.983. The zero-order valence-corrected chi connectivity index (χ0v) is 13.2. The molecule has 3 fully saturated rings. The summed E-state index contributed by atoms with van der Waals surface area (Å²) in [6, 6.07) is -0.448. The molecule has 7 nitrogen and oxygen atoms in total. The lowest BCUT2D eigenvalue weighted by molar-refractivity contribution is -0.164. The van der Waals surface area contributed by atoms with Gasteiger partial charge >= 0.3 is 12.0 Å². The minimum Gasteiger partial charge on any atom is -0.452 e. The number of Topliss-reactive ketones (excluding diaryl/α,β-unsaturated/α-hetero) is 1. The van der Waals surface area contributed by atoms with Crippen LogP contribution in [0.2, 0.25) is 0 Å². The molecule has 2 saturated carbocycles. The Morgan fingerprint density at radius 1 is 1.22 bits per heavy atom. The molecule has 3 aliphatic rings. The zero-order valence-electron chi connectivity index (χ0n) is 13.2. The lowest BCUT2D eigenvalue weighted by Gasteiger charge is -2.36. The Morgan fingerprint density at radius 2 is 1.87 bits per heavy atom. The summed E-state index contributed by atoms with van der Waals surface area (Å²) in [5, 5.41) is 2.54. The molecule has 2 bridgehead atoms. The molecular weight excluding hydrogens is 300 g/mol. The van der Waals surface area contributed by atoms with E-state index < -0.39 is 24.0 Å². The quantitative estimate of drug-likeness (QED) is 0.778. The van der Waals surface area contributed by atoms with Gasteiger partial charge in [0.15, 0.2) is 6.10 Å². The molecule has 0 radical (unpaired) electrons. The number of hydrogen-bond donors (Lipinski definition) is 1. The Balaban J connectivity index is 1.57. The molecule has 0 aromatic carbocycles. The van der Waals surface area contributed by atoms with E-state index in [0.717, 1.165) is 24.2 Å². The van der Waals surface area contributed by atoms with Crippen molar-refractivity contribution < 1.29 is 23.9 Å². The minimum absolute atomic E-state index is 0.0320. The summed E-state index contributed by atoms with van der Waals surface area (Å²) >= 11 is 0. The first-order chi connectivity index (χ1) is 11.0. The number of carbonyl (C=O) groups excluding carboxylic acids is 4. The van der Waals surface area contributed by atoms with Crippen LogP contribution in [-0.2, 0) is 19.1 Å². The van der Waals surface area contributed by atoms with Gasteiger partial charge in [-0.2, -0.15) is 0 Å². The van der Waals surface area contributed by atoms with Crippen LogP contribution in [0.25, 0.3) is 0 Å². The van der Waals surface area contributed by atoms with Gasteiger partial charge in [0.05, 0.1) is 5.92 Å². The molecule has 23 heavy (non-hydrogen) atoms. The molecule has 0 aromatic heterocycles. The second kappa shape index (κ2) is 6.29. The van der Waals surface area contributed by atoms with Crippen LogP contribution >= 0.6 is 0 Å². The average Bonchev–Trinajstić information content (AvgIpc) is 2.92. The number of urea groups is 1. The maximum atomic E-state index is 12.3. The highest BCUT2D eigenvalue weighted by atomic mass is 16.5. The van der Waals surface area contributed by atoms with Gasteiger partial charge in [-0.1, -0.05) is 6.42 Å². The van der Waals surface area contributed by atoms with Crippen molar-refractivity contribution in [2.75, 3.05) is 13.1 Å². The highest BCUT2D eigenvalue weighted by Gasteiger charge is 2.42. The van der Waals surface area contributed by atoms with E-state index in [1.807, 2.05) is 0 Å². The third-order valence-corrected chi connectivity index (χ3v) is 5.14. The molecular formula is C16H22N2O5. The number of rotatable bonds is 3. The van der Waals surface area contributed by atoms with Crippen LogP contribution in [0.3, 0.4) is 0 Å². The third kappa shape index (κ3) is 3.09. The summed E-state index contributed by atoms with van der Waals surface area (Å²) in [7, 11) is 0. The summed E-state index contributed by atoms with van der Waals surface area (Å²) in [6.45, 7) is 2.20. The van der Waals surface area contributed by atoms with Crippen LogP contribution in [0.4, 0.5) is 4.79 Å². The second-order valence-electron chi connectivity index (χ2n) is 6.70. The number of amides is 3. The van der Waals surface area contributed by atoms with Crippen molar-refractivity contribution in [2.24, 2.45) is 17.8 Å². The van der Waals surface area contributed by atoms with Gasteiger partial charge in [0.1, 0.15) is 5.78 Å². The Kier molecular flexibility index (Phi) is 4.37. The van der Waals surface area contributed by atoms with Crippen LogP contribution in [0.1, 0.15) is 39.0 Å². The van der Waals surface area contributed by atoms with Crippen molar-refractivity contribution in [3.63, 3.8) is 0 Å². The Morgan fingerprint density at radius 3 is 2.43 bits per heavy atom. The molecule has 1 aliphatic heterocycles. The number of esters is 1. The van der Waals surface area contributed by atoms with E-state index in [1.165, 1.54) is 6.92 Å². The summed E-state index contributed by atoms with van der Waals surface area (Å²) in [6.07, 6.45) is 2.81. The summed E-state index contributed by atoms with van der Waals surface area (Å²) in [5.41, 5.74) is 0. The van der Waals surface area contributed by atoms with Crippen molar-refractivity contribution in [3.8, 4) is 0 Å². The molecule has 126 valence electrons. The molecule has 1 saturated heterocycles. The molecule has 2 aliphatic carbocycles. The van der Waals surface area contributed by atoms with Gasteiger partial charge in [-0.15, -0.1) is 0 Å². The lowest BCUT2D eigenvalue weighted by Crippen LogP contribution is -2.44. The summed E-state index contributed by atoms with van der Waals surface area (Å²) < 4.78 is 5.29. The fourth-order valence-corrected chi connectivity index (χ4v) is 3.89. The fraction of sp³-hybridized carbons (Fsp3) is 0.750. The van der Waals surface area contributed by atoms with Gasteiger partial charge < -0.3 is 10.1 Å². The summed E-state index contributed by atoms with van der Waals surface area (Å²) in [4.78, 5) is 49.1. The van der Waals surface area contributed by atoms with Gasteiger partial charge in [-0.25, -0.2) is 4.79 Å². The van der Waals surface area contributed by atoms with Crippen LogP contribution < -0.4 is 5.32 Å². The lowest BCUT2D eigenvalue weighted by atomic mass is 9.67. The molecule has 7 heteroatoms. The van der Waals surface area contributed by atoms with Gasteiger partial charge in [0.25, 0.3) is 5.91 Å². The number of ether oxygens (including phenoxy) is 1. The second-order valence-corrected chi connectivity index (χ2v) is 6.70. The number of nitrogens with zero attached hydrogens (tertiary/aromatic N) is 1. The molecule has 0 aromatic rings. The Hall–Kier alpha value is -1.92. The normalized spacial score (nSPS) is 31.5. The standard InChI is InChI=1S/C16H22N2O5/c1-9(14(20)18-6-5-17-16(18)22)23-15(21)12-7-10-3-2-4-11(8-12)13(10)19/h9-12H,2-8H2,1H3,(H,17,22)/t9-,10-,11+,12?/m0/s1. The molecule has 3 rings (SSSR count). The summed E-state index contributed by atoms with van der Waals surface area (Å²) in [5.74, 6) is -1.01. The number of fused-ring (bicyclic) bond motifs is 2. The van der Waals surface area contributed by atoms with E-state index in [2.05, 4.69) is 5.32 Å². The molecule has 0 spiro atoms. The Bertz CT molecular complexity index is 531. The number of nitrogens with one attached hydrogen (secondary N) is 1. The van der Waals surface area contributed by atoms with Crippen molar-refractivity contribution >= 4 is 23.7 Å². The molecule has 4 atom stereocenters. The third-order valence-electron chi connectivity index (χ3n) is 5.14. The van der Waals surface area contributed by atoms with Gasteiger partial charge in [-0.05, 0) is 32.6 Å². The van der Waals surface area contributed by atoms with E-state index in [9.17, 15) is 19.2 Å². The first-order valence-electron chi connectivity index (χ1n) is 8.30. The highest BCUT2D eigenvalue weighted by Crippen LogP contribution is 2.40. The van der Waals surface area contributed by atoms with Crippen molar-refractivity contribution in [1.29, 1.82) is 0 Å². The molecule has 1 heterocycles. The number of imide groups is 1. The van der Waals surface area contributed by atoms with Gasteiger partial charge in [0, 0.05) is 24.9 Å². The van der Waals surface area contributed by atoms with Crippen LogP contribution in [0, 0.1) is 17.8 Å². The van der Waals surface area contributed by atoms with Crippen LogP contribution in [0.15, 0.2) is 0 Å². The maximum Gasteiger partial charge on any atom is 0.324 e. The SMILES string of the molecule is C[C@H](OC(=O)C1C[C@H]2CCC[C@@H](C1)C2=O)C(=O)N1CCNC1=O. The van der Waals surface area contributed by atoms with Gasteiger partial charge in [-0.3, -0.25) is 19.3 Å². The Labute approximate surface area is 134 Å². The van der Waals surface area contributed by atoms with Crippen molar-refractivity contribution in [1.82, 2.24) is 10.2 Å². The predicted molar refractivity (Wildman–Crippen MR) is 79.2 cm³/mol. The van der Waals surface area contributed by atoms with Crippen LogP contribution in [0.5, 0.6) is 0 Å². The van der Waals surface area contributed by atoms with E-state index in [0.29, 0.717) is 25.9 Å². The number of hydrogen-bond acceptors (Lipinski definition) is 5. The first kappa shape index (κ1) is 16.0. The van der Waals surface area contributed by atoms with E-state index >= 15 is 0 Å². The molecule has 1 unspecified atom stereocenters. The zero-order chi connectivity index (χ0) is 16.6. The van der Waals surface area contributed by atoms with Crippen molar-refractivity contribution in [3.05, 3.63) is 0 Å². The molecule has 1 N–H and O–H groups in total. The smallest absolute Gasteiger partial charge is 0.324 e. The topological polar surface area (TPSA) is 92.8 Å². The molecule has 3 amide bonds. The van der Waals surface area contributed by atoms with E-state index in [1.54, 1.807) is 0 Å². The highest BCUT2D eigenvalue weighted by molar-refractivity contribution is 5.98. The largest absolute Gasteiger partial charge is 0.452 e. The van der Waals surface area contributed by atoms with Crippen LogP contribution in [-0.4, -0.2) is 47.8 Å². The number of ketones is 1. The predicted octanol–water partition coefficient (Wildman–Crippen LogP) is 0.865. The fourth-order valence-electron chi connectivity index (χ4n) is 3.89. The number of carbonyl (C=O) groups is 4. The maximum absolute atomic E-state index is 12.3. The average molecular weight is 322 g/mol. The van der Waals surface area contributed by atoms with E-state index in [-0.39, 0.29) is 23.5 Å². The van der Waals surface area contributed by atoms with E-state index in [4.69, 9.17) is 4.74 Å². The first-order valence-corrected chi connectivity index (χ1v) is 8.30.